The van der Waals surface area contributed by atoms with E-state index in [1.807, 2.05) is 42.5 Å². The molecule has 0 saturated carbocycles. The monoisotopic (exact) mass is 449 g/mol. The molecule has 0 aliphatic heterocycles. The number of carboxylic acids is 1. The Labute approximate surface area is 196 Å². The fourth-order valence-corrected chi connectivity index (χ4v) is 3.92. The SMILES string of the molecule is O=C(O)c1ccc(C=C(CNc2cccnc2)COc2cccc3c2[nH]c2ccccc23)cc1. The molecule has 0 unspecified atom stereocenters. The fraction of sp³-hybridized carbons (Fsp3) is 0.0714. The van der Waals surface area contributed by atoms with Crippen LogP contribution in [0.2, 0.25) is 0 Å². The highest BCUT2D eigenvalue weighted by Crippen LogP contribution is 2.31. The lowest BCUT2D eigenvalue weighted by atomic mass is 10.1. The molecule has 0 aliphatic carbocycles. The van der Waals surface area contributed by atoms with Crippen LogP contribution in [0.5, 0.6) is 5.75 Å². The van der Waals surface area contributed by atoms with Crippen molar-refractivity contribution in [1.29, 1.82) is 0 Å². The minimum atomic E-state index is -0.941. The van der Waals surface area contributed by atoms with Gasteiger partial charge in [-0.1, -0.05) is 48.5 Å². The molecule has 6 nitrogen and oxygen atoms in total. The topological polar surface area (TPSA) is 87.2 Å². The van der Waals surface area contributed by atoms with Crippen LogP contribution < -0.4 is 10.1 Å². The van der Waals surface area contributed by atoms with Crippen LogP contribution in [-0.4, -0.2) is 34.2 Å². The zero-order valence-corrected chi connectivity index (χ0v) is 18.4. The van der Waals surface area contributed by atoms with Gasteiger partial charge in [-0.15, -0.1) is 0 Å². The summed E-state index contributed by atoms with van der Waals surface area (Å²) in [5.41, 5.74) is 5.11. The van der Waals surface area contributed by atoms with Crippen LogP contribution >= 0.6 is 0 Å². The average Bonchev–Trinajstić information content (AvgIpc) is 3.26. The summed E-state index contributed by atoms with van der Waals surface area (Å²) in [4.78, 5) is 18.8. The van der Waals surface area contributed by atoms with Gasteiger partial charge in [-0.2, -0.15) is 0 Å². The Kier molecular flexibility index (Phi) is 5.95. The Bertz CT molecular complexity index is 1470. The second-order valence-electron chi connectivity index (χ2n) is 7.96. The number of rotatable bonds is 8. The van der Waals surface area contributed by atoms with Crippen LogP contribution in [0.1, 0.15) is 15.9 Å². The van der Waals surface area contributed by atoms with Crippen LogP contribution in [0.4, 0.5) is 5.69 Å². The van der Waals surface area contributed by atoms with Gasteiger partial charge in [-0.05, 0) is 47.5 Å². The van der Waals surface area contributed by atoms with Crippen LogP contribution in [-0.2, 0) is 0 Å². The van der Waals surface area contributed by atoms with E-state index in [0.717, 1.165) is 44.4 Å². The van der Waals surface area contributed by atoms with Crippen LogP contribution in [0.25, 0.3) is 27.9 Å². The number of H-pyrrole nitrogens is 1. The second kappa shape index (κ2) is 9.50. The Morgan fingerprint density at radius 1 is 0.971 bits per heavy atom. The van der Waals surface area contributed by atoms with Crippen LogP contribution in [0, 0.1) is 0 Å². The highest BCUT2D eigenvalue weighted by atomic mass is 16.5. The van der Waals surface area contributed by atoms with Gasteiger partial charge in [0.05, 0.1) is 16.8 Å². The van der Waals surface area contributed by atoms with Gasteiger partial charge < -0.3 is 20.1 Å². The molecule has 2 heterocycles. The van der Waals surface area contributed by atoms with Crippen LogP contribution in [0.3, 0.4) is 0 Å². The van der Waals surface area contributed by atoms with Crippen molar-refractivity contribution < 1.29 is 14.6 Å². The van der Waals surface area contributed by atoms with Gasteiger partial charge in [0.25, 0.3) is 0 Å². The molecule has 0 fully saturated rings. The number of fused-ring (bicyclic) bond motifs is 3. The third kappa shape index (κ3) is 4.61. The van der Waals surface area contributed by atoms with Crippen molar-refractivity contribution in [2.24, 2.45) is 0 Å². The Hall–Kier alpha value is -4.58. The third-order valence-corrected chi connectivity index (χ3v) is 5.63. The number of pyridine rings is 1. The summed E-state index contributed by atoms with van der Waals surface area (Å²) in [5, 5.41) is 14.8. The molecule has 5 rings (SSSR count). The standard InChI is InChI=1S/C28H23N3O3/c32-28(33)21-12-10-19(11-13-21)15-20(16-30-22-5-4-14-29-17-22)18-34-26-9-3-7-24-23-6-1-2-8-25(23)31-27(24)26/h1-15,17,30-31H,16,18H2,(H,32,33). The van der Waals surface area contributed by atoms with Crippen molar-refractivity contribution in [3.63, 3.8) is 0 Å². The number of carboxylic acid groups (broad SMARTS) is 1. The minimum absolute atomic E-state index is 0.258. The van der Waals surface area contributed by atoms with E-state index in [1.165, 1.54) is 0 Å². The number of nitrogens with one attached hydrogen (secondary N) is 2. The van der Waals surface area contributed by atoms with Crippen molar-refractivity contribution in [3.8, 4) is 5.75 Å². The normalized spacial score (nSPS) is 11.6. The number of carbonyl (C=O) groups is 1. The first-order valence-corrected chi connectivity index (χ1v) is 11.0. The highest BCUT2D eigenvalue weighted by molar-refractivity contribution is 6.09. The van der Waals surface area contributed by atoms with E-state index in [1.54, 1.807) is 36.7 Å². The third-order valence-electron chi connectivity index (χ3n) is 5.63. The van der Waals surface area contributed by atoms with Crippen molar-refractivity contribution in [3.05, 3.63) is 108 Å². The van der Waals surface area contributed by atoms with Gasteiger partial charge in [0.1, 0.15) is 12.4 Å². The molecule has 0 radical (unpaired) electrons. The summed E-state index contributed by atoms with van der Waals surface area (Å²) in [6.45, 7) is 0.914. The largest absolute Gasteiger partial charge is 0.487 e. The van der Waals surface area contributed by atoms with Gasteiger partial charge in [0.15, 0.2) is 0 Å². The van der Waals surface area contributed by atoms with Crippen molar-refractivity contribution in [2.45, 2.75) is 0 Å². The average molecular weight is 450 g/mol. The first-order valence-electron chi connectivity index (χ1n) is 11.0. The first-order chi connectivity index (χ1) is 16.7. The smallest absolute Gasteiger partial charge is 0.335 e. The quantitative estimate of drug-likeness (QED) is 0.271. The van der Waals surface area contributed by atoms with Gasteiger partial charge in [0, 0.05) is 35.2 Å². The minimum Gasteiger partial charge on any atom is -0.487 e. The first kappa shape index (κ1) is 21.3. The molecule has 0 atom stereocenters. The number of aromatic nitrogens is 2. The molecular weight excluding hydrogens is 426 g/mol. The molecule has 0 spiro atoms. The van der Waals surface area contributed by atoms with Gasteiger partial charge in [-0.25, -0.2) is 4.79 Å². The number of aromatic amines is 1. The summed E-state index contributed by atoms with van der Waals surface area (Å²) in [5.74, 6) is -0.161. The summed E-state index contributed by atoms with van der Waals surface area (Å²) in [6, 6.07) is 24.9. The van der Waals surface area contributed by atoms with E-state index in [0.29, 0.717) is 13.2 Å². The van der Waals surface area contributed by atoms with Crippen molar-refractivity contribution in [1.82, 2.24) is 9.97 Å². The summed E-state index contributed by atoms with van der Waals surface area (Å²) >= 11 is 0. The number of hydrogen-bond acceptors (Lipinski definition) is 4. The van der Waals surface area contributed by atoms with Crippen molar-refractivity contribution >= 4 is 39.5 Å². The highest BCUT2D eigenvalue weighted by Gasteiger charge is 2.10. The summed E-state index contributed by atoms with van der Waals surface area (Å²) in [6.07, 6.45) is 5.52. The molecule has 0 aliphatic rings. The summed E-state index contributed by atoms with van der Waals surface area (Å²) in [7, 11) is 0. The predicted octanol–water partition coefficient (Wildman–Crippen LogP) is 5.99. The zero-order valence-electron chi connectivity index (χ0n) is 18.4. The van der Waals surface area contributed by atoms with E-state index in [2.05, 4.69) is 33.5 Å². The lowest BCUT2D eigenvalue weighted by Gasteiger charge is -2.13. The maximum Gasteiger partial charge on any atom is 0.335 e. The maximum absolute atomic E-state index is 11.2. The van der Waals surface area contributed by atoms with E-state index < -0.39 is 5.97 Å². The Morgan fingerprint density at radius 2 is 1.79 bits per heavy atom. The van der Waals surface area contributed by atoms with E-state index in [4.69, 9.17) is 9.84 Å². The predicted molar refractivity (Wildman–Crippen MR) is 135 cm³/mol. The van der Waals surface area contributed by atoms with E-state index in [-0.39, 0.29) is 5.56 Å². The molecule has 2 aromatic heterocycles. The number of benzene rings is 3. The molecule has 0 amide bonds. The van der Waals surface area contributed by atoms with Gasteiger partial charge in [-0.3, -0.25) is 4.98 Å². The number of nitrogens with zero attached hydrogens (tertiary/aromatic N) is 1. The lowest BCUT2D eigenvalue weighted by Crippen LogP contribution is -2.12. The molecule has 0 saturated heterocycles. The maximum atomic E-state index is 11.2. The number of aromatic carboxylic acids is 1. The number of para-hydroxylation sites is 2. The molecule has 34 heavy (non-hydrogen) atoms. The van der Waals surface area contributed by atoms with Crippen molar-refractivity contribution in [2.75, 3.05) is 18.5 Å². The van der Waals surface area contributed by atoms with E-state index >= 15 is 0 Å². The molecule has 5 aromatic rings. The molecule has 3 N–H and O–H groups in total. The van der Waals surface area contributed by atoms with E-state index in [9.17, 15) is 4.79 Å². The fourth-order valence-electron chi connectivity index (χ4n) is 3.92. The molecule has 6 heteroatoms. The number of ether oxygens (including phenoxy) is 1. The number of anilines is 1. The van der Waals surface area contributed by atoms with Crippen LogP contribution in [0.15, 0.2) is 96.8 Å². The Morgan fingerprint density at radius 3 is 2.59 bits per heavy atom. The molecule has 168 valence electrons. The molecule has 0 bridgehead atoms. The molecule has 3 aromatic carbocycles. The molecular formula is C28H23N3O3. The second-order valence-corrected chi connectivity index (χ2v) is 7.96. The lowest BCUT2D eigenvalue weighted by molar-refractivity contribution is 0.0697. The zero-order chi connectivity index (χ0) is 23.3. The Balaban J connectivity index is 1.41. The van der Waals surface area contributed by atoms with Gasteiger partial charge in [0.2, 0.25) is 0 Å². The summed E-state index contributed by atoms with van der Waals surface area (Å²) < 4.78 is 6.28. The van der Waals surface area contributed by atoms with Gasteiger partial charge >= 0.3 is 5.97 Å². The number of hydrogen-bond donors (Lipinski definition) is 3.